The van der Waals surface area contributed by atoms with Crippen molar-refractivity contribution in [2.24, 2.45) is 5.41 Å². The summed E-state index contributed by atoms with van der Waals surface area (Å²) in [6.07, 6.45) is 11.1. The molecule has 1 aliphatic rings. The Kier molecular flexibility index (Phi) is 2.52. The fourth-order valence-electron chi connectivity index (χ4n) is 1.47. The van der Waals surface area contributed by atoms with E-state index >= 15 is 0 Å². The van der Waals surface area contributed by atoms with Crippen LogP contribution in [0.5, 0.6) is 0 Å². The zero-order valence-electron chi connectivity index (χ0n) is 7.90. The summed E-state index contributed by atoms with van der Waals surface area (Å²) in [5, 5.41) is 10.00. The lowest BCUT2D eigenvalue weighted by molar-refractivity contribution is -0.119. The summed E-state index contributed by atoms with van der Waals surface area (Å²) in [6.45, 7) is 3.45. The maximum absolute atomic E-state index is 11.0. The summed E-state index contributed by atoms with van der Waals surface area (Å²) < 4.78 is 0. The minimum atomic E-state index is -1.13. The largest absolute Gasteiger partial charge is 0.384 e. The summed E-state index contributed by atoms with van der Waals surface area (Å²) in [4.78, 5) is 11.0. The first-order valence-electron chi connectivity index (χ1n) is 4.27. The minimum Gasteiger partial charge on any atom is -0.384 e. The van der Waals surface area contributed by atoms with Crippen LogP contribution in [0.2, 0.25) is 0 Å². The van der Waals surface area contributed by atoms with E-state index in [4.69, 9.17) is 0 Å². The summed E-state index contributed by atoms with van der Waals surface area (Å²) in [5.41, 5.74) is -2.04. The van der Waals surface area contributed by atoms with Crippen LogP contribution in [0, 0.1) is 5.41 Å². The first-order valence-corrected chi connectivity index (χ1v) is 4.27. The molecule has 0 aromatic carbocycles. The summed E-state index contributed by atoms with van der Waals surface area (Å²) in [5.74, 6) is 0. The monoisotopic (exact) mass is 178 g/mol. The standard InChI is InChI=1S/C11H14O2/c1-3-6-11(9-12)8-5-4-7-10(11,2)13/h3-9,13H,1-2H3/b6-3+. The van der Waals surface area contributed by atoms with Crippen LogP contribution in [0.1, 0.15) is 13.8 Å². The quantitative estimate of drug-likeness (QED) is 0.515. The van der Waals surface area contributed by atoms with Gasteiger partial charge in [0.2, 0.25) is 0 Å². The molecule has 0 saturated carbocycles. The van der Waals surface area contributed by atoms with Gasteiger partial charge in [0, 0.05) is 0 Å². The molecular formula is C11H14O2. The Morgan fingerprint density at radius 3 is 2.38 bits per heavy atom. The average molecular weight is 178 g/mol. The summed E-state index contributed by atoms with van der Waals surface area (Å²) in [7, 11) is 0. The number of hydrogen-bond donors (Lipinski definition) is 1. The molecule has 0 aliphatic heterocycles. The maximum Gasteiger partial charge on any atom is 0.136 e. The van der Waals surface area contributed by atoms with Crippen molar-refractivity contribution in [3.05, 3.63) is 36.5 Å². The Balaban J connectivity index is 3.18. The Bertz CT molecular complexity index is 284. The van der Waals surface area contributed by atoms with Crippen LogP contribution in [0.4, 0.5) is 0 Å². The number of carbonyl (C=O) groups excluding carboxylic acids is 1. The minimum absolute atomic E-state index is 0.771. The lowest BCUT2D eigenvalue weighted by Gasteiger charge is -2.36. The number of aliphatic hydroxyl groups is 1. The van der Waals surface area contributed by atoms with Crippen molar-refractivity contribution < 1.29 is 9.90 Å². The number of allylic oxidation sites excluding steroid dienone is 3. The molecule has 0 amide bonds. The van der Waals surface area contributed by atoms with Crippen LogP contribution >= 0.6 is 0 Å². The van der Waals surface area contributed by atoms with Crippen molar-refractivity contribution >= 4 is 6.29 Å². The number of rotatable bonds is 2. The van der Waals surface area contributed by atoms with E-state index in [0.717, 1.165) is 6.29 Å². The van der Waals surface area contributed by atoms with Gasteiger partial charge in [0.05, 0.1) is 11.0 Å². The highest BCUT2D eigenvalue weighted by molar-refractivity contribution is 5.70. The Hall–Kier alpha value is -1.15. The number of aldehydes is 1. The van der Waals surface area contributed by atoms with Crippen LogP contribution in [0.25, 0.3) is 0 Å². The molecule has 0 fully saturated rings. The van der Waals surface area contributed by atoms with E-state index in [1.165, 1.54) is 0 Å². The van der Waals surface area contributed by atoms with E-state index in [-0.39, 0.29) is 0 Å². The molecule has 70 valence electrons. The summed E-state index contributed by atoms with van der Waals surface area (Å²) >= 11 is 0. The first-order chi connectivity index (χ1) is 6.08. The van der Waals surface area contributed by atoms with Crippen LogP contribution < -0.4 is 0 Å². The predicted molar refractivity (Wildman–Crippen MR) is 52.2 cm³/mol. The van der Waals surface area contributed by atoms with E-state index in [1.54, 1.807) is 43.4 Å². The fourth-order valence-corrected chi connectivity index (χ4v) is 1.47. The van der Waals surface area contributed by atoms with E-state index in [1.807, 2.05) is 6.92 Å². The molecular weight excluding hydrogens is 164 g/mol. The fraction of sp³-hybridized carbons (Fsp3) is 0.364. The van der Waals surface area contributed by atoms with Crippen molar-refractivity contribution in [1.82, 2.24) is 0 Å². The van der Waals surface area contributed by atoms with E-state index < -0.39 is 11.0 Å². The highest BCUT2D eigenvalue weighted by atomic mass is 16.3. The zero-order chi connectivity index (χ0) is 9.95. The Labute approximate surface area is 78.3 Å². The molecule has 2 heteroatoms. The van der Waals surface area contributed by atoms with Gasteiger partial charge in [-0.3, -0.25) is 0 Å². The molecule has 13 heavy (non-hydrogen) atoms. The molecule has 0 aromatic heterocycles. The van der Waals surface area contributed by atoms with Crippen molar-refractivity contribution in [3.8, 4) is 0 Å². The smallest absolute Gasteiger partial charge is 0.136 e. The number of carbonyl (C=O) groups is 1. The van der Waals surface area contributed by atoms with Gasteiger partial charge in [-0.15, -0.1) is 0 Å². The Morgan fingerprint density at radius 2 is 1.92 bits per heavy atom. The third kappa shape index (κ3) is 1.49. The van der Waals surface area contributed by atoms with Gasteiger partial charge in [-0.1, -0.05) is 36.5 Å². The topological polar surface area (TPSA) is 37.3 Å². The van der Waals surface area contributed by atoms with Gasteiger partial charge in [0.1, 0.15) is 6.29 Å². The van der Waals surface area contributed by atoms with Gasteiger partial charge in [-0.2, -0.15) is 0 Å². The van der Waals surface area contributed by atoms with Gasteiger partial charge >= 0.3 is 0 Å². The molecule has 2 unspecified atom stereocenters. The van der Waals surface area contributed by atoms with E-state index in [9.17, 15) is 9.90 Å². The van der Waals surface area contributed by atoms with Crippen molar-refractivity contribution in [1.29, 1.82) is 0 Å². The van der Waals surface area contributed by atoms with Gasteiger partial charge in [-0.25, -0.2) is 0 Å². The molecule has 2 atom stereocenters. The van der Waals surface area contributed by atoms with Crippen molar-refractivity contribution in [3.63, 3.8) is 0 Å². The SMILES string of the molecule is C/C=C/C1(C=O)C=CC=CC1(C)O. The molecule has 0 radical (unpaired) electrons. The van der Waals surface area contributed by atoms with Crippen LogP contribution in [0.15, 0.2) is 36.5 Å². The molecule has 0 heterocycles. The van der Waals surface area contributed by atoms with Crippen molar-refractivity contribution in [2.75, 3.05) is 0 Å². The highest BCUT2D eigenvalue weighted by Crippen LogP contribution is 2.36. The summed E-state index contributed by atoms with van der Waals surface area (Å²) in [6, 6.07) is 0. The maximum atomic E-state index is 11.0. The molecule has 1 aliphatic carbocycles. The second-order valence-electron chi connectivity index (χ2n) is 3.42. The average Bonchev–Trinajstić information content (AvgIpc) is 2.09. The van der Waals surface area contributed by atoms with Crippen LogP contribution in [-0.4, -0.2) is 17.0 Å². The highest BCUT2D eigenvalue weighted by Gasteiger charge is 2.42. The van der Waals surface area contributed by atoms with Crippen LogP contribution in [-0.2, 0) is 4.79 Å². The van der Waals surface area contributed by atoms with Crippen molar-refractivity contribution in [2.45, 2.75) is 19.4 Å². The van der Waals surface area contributed by atoms with Gasteiger partial charge in [-0.05, 0) is 13.8 Å². The van der Waals surface area contributed by atoms with Gasteiger partial charge < -0.3 is 9.90 Å². The number of hydrogen-bond acceptors (Lipinski definition) is 2. The van der Waals surface area contributed by atoms with Gasteiger partial charge in [0.15, 0.2) is 0 Å². The Morgan fingerprint density at radius 1 is 1.31 bits per heavy atom. The molecule has 0 spiro atoms. The molecule has 1 N–H and O–H groups in total. The second-order valence-corrected chi connectivity index (χ2v) is 3.42. The lowest BCUT2D eigenvalue weighted by atomic mass is 9.71. The molecule has 0 aromatic rings. The van der Waals surface area contributed by atoms with Crippen LogP contribution in [0.3, 0.4) is 0 Å². The normalized spacial score (nSPS) is 38.4. The first kappa shape index (κ1) is 9.93. The molecule has 0 bridgehead atoms. The van der Waals surface area contributed by atoms with Gasteiger partial charge in [0.25, 0.3) is 0 Å². The molecule has 2 nitrogen and oxygen atoms in total. The molecule has 1 rings (SSSR count). The second kappa shape index (κ2) is 3.30. The van der Waals surface area contributed by atoms with E-state index in [2.05, 4.69) is 0 Å². The third-order valence-corrected chi connectivity index (χ3v) is 2.42. The third-order valence-electron chi connectivity index (χ3n) is 2.42. The lowest BCUT2D eigenvalue weighted by Crippen LogP contribution is -2.44. The zero-order valence-corrected chi connectivity index (χ0v) is 7.90. The molecule has 0 saturated heterocycles. The predicted octanol–water partition coefficient (Wildman–Crippen LogP) is 1.62. The van der Waals surface area contributed by atoms with E-state index in [0.29, 0.717) is 0 Å².